The van der Waals surface area contributed by atoms with E-state index in [1.807, 2.05) is 72.8 Å². The smallest absolute Gasteiger partial charge is 0.136 e. The van der Waals surface area contributed by atoms with Crippen LogP contribution in [0.25, 0.3) is 77.3 Å². The summed E-state index contributed by atoms with van der Waals surface area (Å²) >= 11 is 0. The van der Waals surface area contributed by atoms with Gasteiger partial charge in [-0.2, -0.15) is 10.5 Å². The number of fused-ring (bicyclic) bond motifs is 6. The molecule has 0 N–H and O–H groups in total. The van der Waals surface area contributed by atoms with Gasteiger partial charge in [0.25, 0.3) is 0 Å². The summed E-state index contributed by atoms with van der Waals surface area (Å²) in [6.07, 6.45) is 0. The monoisotopic (exact) mass is 536 g/mol. The number of rotatable bonds is 3. The third-order valence-electron chi connectivity index (χ3n) is 7.97. The Bertz CT molecular complexity index is 2310. The second kappa shape index (κ2) is 9.24. The van der Waals surface area contributed by atoms with E-state index in [0.717, 1.165) is 71.7 Å². The number of nitrogens with zero attached hydrogens (tertiary/aromatic N) is 2. The Labute approximate surface area is 240 Å². The first-order chi connectivity index (χ1) is 20.7. The maximum Gasteiger partial charge on any atom is 0.136 e. The van der Waals surface area contributed by atoms with Crippen molar-refractivity contribution in [2.75, 3.05) is 0 Å². The van der Waals surface area contributed by atoms with Gasteiger partial charge in [-0.1, -0.05) is 72.8 Å². The van der Waals surface area contributed by atoms with Crippen LogP contribution in [0.3, 0.4) is 0 Å². The van der Waals surface area contributed by atoms with Crippen LogP contribution in [0.2, 0.25) is 0 Å². The van der Waals surface area contributed by atoms with Gasteiger partial charge >= 0.3 is 0 Å². The Balaban J connectivity index is 1.48. The third-order valence-corrected chi connectivity index (χ3v) is 7.97. The van der Waals surface area contributed by atoms with Gasteiger partial charge in [-0.15, -0.1) is 0 Å². The summed E-state index contributed by atoms with van der Waals surface area (Å²) in [5.41, 5.74) is 9.60. The van der Waals surface area contributed by atoms with Crippen LogP contribution in [0.15, 0.2) is 130 Å². The highest BCUT2D eigenvalue weighted by atomic mass is 16.3. The Morgan fingerprint density at radius 1 is 0.429 bits per heavy atom. The van der Waals surface area contributed by atoms with Crippen molar-refractivity contribution in [3.63, 3.8) is 0 Å². The van der Waals surface area contributed by atoms with Gasteiger partial charge in [0.2, 0.25) is 0 Å². The minimum atomic E-state index is 0.354. The topological polar surface area (TPSA) is 73.9 Å². The fourth-order valence-electron chi connectivity index (χ4n) is 6.13. The molecule has 0 aliphatic rings. The Kier molecular flexibility index (Phi) is 5.22. The Morgan fingerprint density at radius 3 is 1.40 bits per heavy atom. The molecule has 0 radical (unpaired) electrons. The number of benzene rings is 6. The van der Waals surface area contributed by atoms with Crippen LogP contribution in [0.5, 0.6) is 0 Å². The summed E-state index contributed by atoms with van der Waals surface area (Å²) < 4.78 is 12.4. The van der Waals surface area contributed by atoms with Crippen LogP contribution in [-0.4, -0.2) is 0 Å². The largest absolute Gasteiger partial charge is 0.456 e. The van der Waals surface area contributed by atoms with E-state index < -0.39 is 0 Å². The minimum absolute atomic E-state index is 0.354. The standard InChI is InChI=1S/C38H20N2O2/c39-21-23-8-5-11-27(32(23)22-40)24-18-25(28-12-6-16-35-37(28)30-9-1-3-14-33(30)41-35)20-26(19-24)29-13-7-17-36-38(29)31-10-2-4-15-34(31)42-36/h1-20H. The second-order valence-electron chi connectivity index (χ2n) is 10.3. The van der Waals surface area contributed by atoms with Gasteiger partial charge in [-0.3, -0.25) is 0 Å². The highest BCUT2D eigenvalue weighted by Crippen LogP contribution is 2.43. The van der Waals surface area contributed by atoms with Gasteiger partial charge in [-0.05, 0) is 76.3 Å². The van der Waals surface area contributed by atoms with Crippen LogP contribution in [0.4, 0.5) is 0 Å². The number of para-hydroxylation sites is 2. The summed E-state index contributed by atoms with van der Waals surface area (Å²) in [4.78, 5) is 0. The van der Waals surface area contributed by atoms with E-state index in [-0.39, 0.29) is 0 Å². The molecule has 0 saturated heterocycles. The molecule has 4 nitrogen and oxygen atoms in total. The van der Waals surface area contributed by atoms with Crippen molar-refractivity contribution in [3.8, 4) is 45.5 Å². The summed E-state index contributed by atoms with van der Waals surface area (Å²) in [6.45, 7) is 0. The summed E-state index contributed by atoms with van der Waals surface area (Å²) in [6, 6.07) is 44.6. The molecule has 0 aliphatic carbocycles. The number of nitriles is 2. The number of furan rings is 2. The van der Waals surface area contributed by atoms with Crippen molar-refractivity contribution in [3.05, 3.63) is 132 Å². The maximum atomic E-state index is 10.1. The van der Waals surface area contributed by atoms with Crippen molar-refractivity contribution in [1.29, 1.82) is 10.5 Å². The minimum Gasteiger partial charge on any atom is -0.456 e. The van der Waals surface area contributed by atoms with E-state index in [1.54, 1.807) is 6.07 Å². The van der Waals surface area contributed by atoms with Crippen molar-refractivity contribution < 1.29 is 8.83 Å². The molecule has 2 heterocycles. The van der Waals surface area contributed by atoms with Crippen LogP contribution in [-0.2, 0) is 0 Å². The van der Waals surface area contributed by atoms with Gasteiger partial charge in [0.05, 0.1) is 11.1 Å². The molecule has 42 heavy (non-hydrogen) atoms. The van der Waals surface area contributed by atoms with Gasteiger partial charge in [0.1, 0.15) is 34.5 Å². The first kappa shape index (κ1) is 23.8. The normalized spacial score (nSPS) is 11.3. The molecule has 194 valence electrons. The lowest BCUT2D eigenvalue weighted by Crippen LogP contribution is -1.92. The fraction of sp³-hybridized carbons (Fsp3) is 0. The number of hydrogen-bond donors (Lipinski definition) is 0. The molecule has 8 aromatic rings. The summed E-state index contributed by atoms with van der Waals surface area (Å²) in [5, 5.41) is 24.0. The van der Waals surface area contributed by atoms with Crippen molar-refractivity contribution >= 4 is 43.9 Å². The quantitative estimate of drug-likeness (QED) is 0.225. The third kappa shape index (κ3) is 3.53. The molecule has 0 unspecified atom stereocenters. The van der Waals surface area contributed by atoms with E-state index in [0.29, 0.717) is 16.7 Å². The SMILES string of the molecule is N#Cc1cccc(-c2cc(-c3cccc4oc5ccccc5c34)cc(-c3cccc4oc5ccccc5c34)c2)c1C#N. The highest BCUT2D eigenvalue weighted by Gasteiger charge is 2.18. The lowest BCUT2D eigenvalue weighted by atomic mass is 9.88. The Morgan fingerprint density at radius 2 is 0.881 bits per heavy atom. The molecule has 4 heteroatoms. The van der Waals surface area contributed by atoms with Crippen molar-refractivity contribution in [1.82, 2.24) is 0 Å². The van der Waals surface area contributed by atoms with E-state index in [2.05, 4.69) is 54.6 Å². The molecule has 0 atom stereocenters. The van der Waals surface area contributed by atoms with Crippen LogP contribution < -0.4 is 0 Å². The molecule has 0 saturated carbocycles. The molecule has 0 spiro atoms. The molecule has 6 aromatic carbocycles. The average Bonchev–Trinajstić information content (AvgIpc) is 3.62. The highest BCUT2D eigenvalue weighted by molar-refractivity contribution is 6.14. The maximum absolute atomic E-state index is 10.1. The first-order valence-electron chi connectivity index (χ1n) is 13.6. The molecule has 0 bridgehead atoms. The molecule has 8 rings (SSSR count). The van der Waals surface area contributed by atoms with E-state index in [4.69, 9.17) is 8.83 Å². The van der Waals surface area contributed by atoms with Crippen LogP contribution in [0, 0.1) is 22.7 Å². The second-order valence-corrected chi connectivity index (χ2v) is 10.3. The zero-order valence-electron chi connectivity index (χ0n) is 22.3. The summed E-state index contributed by atoms with van der Waals surface area (Å²) in [7, 11) is 0. The van der Waals surface area contributed by atoms with Gasteiger partial charge < -0.3 is 8.83 Å². The average molecular weight is 537 g/mol. The lowest BCUT2D eigenvalue weighted by molar-refractivity contribution is 0.668. The van der Waals surface area contributed by atoms with Gasteiger partial charge in [0, 0.05) is 27.1 Å². The van der Waals surface area contributed by atoms with Gasteiger partial charge in [0.15, 0.2) is 0 Å². The number of hydrogen-bond acceptors (Lipinski definition) is 4. The van der Waals surface area contributed by atoms with E-state index in [1.165, 1.54) is 0 Å². The van der Waals surface area contributed by atoms with Gasteiger partial charge in [-0.25, -0.2) is 0 Å². The molecule has 2 aromatic heterocycles. The Hall–Kier alpha value is -6.10. The molecule has 0 fully saturated rings. The molecular formula is C38H20N2O2. The van der Waals surface area contributed by atoms with Crippen molar-refractivity contribution in [2.45, 2.75) is 0 Å². The van der Waals surface area contributed by atoms with Crippen LogP contribution >= 0.6 is 0 Å². The zero-order chi connectivity index (χ0) is 28.2. The fourth-order valence-corrected chi connectivity index (χ4v) is 6.13. The predicted molar refractivity (Wildman–Crippen MR) is 167 cm³/mol. The van der Waals surface area contributed by atoms with E-state index in [9.17, 15) is 10.5 Å². The first-order valence-corrected chi connectivity index (χ1v) is 13.6. The molecule has 0 amide bonds. The molecular weight excluding hydrogens is 516 g/mol. The lowest BCUT2D eigenvalue weighted by Gasteiger charge is -2.14. The summed E-state index contributed by atoms with van der Waals surface area (Å²) in [5.74, 6) is 0. The predicted octanol–water partition coefficient (Wildman–Crippen LogP) is 10.2. The van der Waals surface area contributed by atoms with Crippen LogP contribution in [0.1, 0.15) is 11.1 Å². The van der Waals surface area contributed by atoms with E-state index >= 15 is 0 Å². The van der Waals surface area contributed by atoms with Crippen molar-refractivity contribution in [2.24, 2.45) is 0 Å². The zero-order valence-corrected chi connectivity index (χ0v) is 22.3. The molecule has 0 aliphatic heterocycles.